The van der Waals surface area contributed by atoms with Gasteiger partial charge in [0, 0.05) is 12.1 Å². The van der Waals surface area contributed by atoms with E-state index in [1.54, 1.807) is 6.07 Å². The van der Waals surface area contributed by atoms with Gasteiger partial charge in [-0.2, -0.15) is 5.10 Å². The summed E-state index contributed by atoms with van der Waals surface area (Å²) in [4.78, 5) is 33.1. The first-order valence-corrected chi connectivity index (χ1v) is 6.96. The second-order valence-electron chi connectivity index (χ2n) is 4.05. The Morgan fingerprint density at radius 2 is 2.17 bits per heavy atom. The summed E-state index contributed by atoms with van der Waals surface area (Å²) < 4.78 is 4.43. The molecule has 1 fully saturated rings. The van der Waals surface area contributed by atoms with Gasteiger partial charge >= 0.3 is 5.97 Å². The Morgan fingerprint density at radius 1 is 1.43 bits per heavy atom. The summed E-state index contributed by atoms with van der Waals surface area (Å²) in [5.74, 6) is -1.16. The number of amides is 1. The number of hydrogen-bond donors (Lipinski definition) is 1. The van der Waals surface area contributed by atoms with Gasteiger partial charge in [-0.1, -0.05) is 12.1 Å². The quantitative estimate of drug-likeness (QED) is 0.290. The van der Waals surface area contributed by atoms with Crippen molar-refractivity contribution in [3.8, 4) is 0 Å². The van der Waals surface area contributed by atoms with Crippen molar-refractivity contribution in [2.24, 2.45) is 10.2 Å². The molecule has 1 amide bonds. The van der Waals surface area contributed by atoms with Crippen LogP contribution in [0.15, 0.2) is 45.4 Å². The maximum Gasteiger partial charge on any atom is 0.331 e. The highest BCUT2D eigenvalue weighted by Crippen LogP contribution is 2.23. The minimum absolute atomic E-state index is 0.106. The lowest BCUT2D eigenvalue weighted by Gasteiger charge is -1.94. The zero-order valence-electron chi connectivity index (χ0n) is 11.8. The second kappa shape index (κ2) is 7.31. The van der Waals surface area contributed by atoms with Crippen molar-refractivity contribution in [1.82, 2.24) is 5.32 Å². The highest BCUT2D eigenvalue weighted by Gasteiger charge is 2.25. The Hall–Kier alpha value is -3.01. The Balaban J connectivity index is 2.13. The van der Waals surface area contributed by atoms with Crippen LogP contribution in [0.1, 0.15) is 5.56 Å². The van der Waals surface area contributed by atoms with E-state index < -0.39 is 16.8 Å². The van der Waals surface area contributed by atoms with Crippen molar-refractivity contribution in [2.75, 3.05) is 7.11 Å². The van der Waals surface area contributed by atoms with Crippen molar-refractivity contribution in [3.05, 3.63) is 50.9 Å². The van der Waals surface area contributed by atoms with E-state index >= 15 is 0 Å². The van der Waals surface area contributed by atoms with E-state index in [1.807, 2.05) is 0 Å². The summed E-state index contributed by atoms with van der Waals surface area (Å²) in [7, 11) is 1.20. The van der Waals surface area contributed by atoms with E-state index in [9.17, 15) is 19.7 Å². The smallest absolute Gasteiger partial charge is 0.331 e. The lowest BCUT2D eigenvalue weighted by molar-refractivity contribution is -0.385. The summed E-state index contributed by atoms with van der Waals surface area (Å²) in [6, 6.07) is 6.03. The van der Waals surface area contributed by atoms with Crippen molar-refractivity contribution >= 4 is 40.7 Å². The van der Waals surface area contributed by atoms with E-state index in [1.165, 1.54) is 31.5 Å². The van der Waals surface area contributed by atoms with Gasteiger partial charge in [-0.25, -0.2) is 4.79 Å². The molecule has 10 heteroatoms. The zero-order chi connectivity index (χ0) is 16.8. The van der Waals surface area contributed by atoms with Crippen LogP contribution in [0, 0.1) is 10.1 Å². The minimum Gasteiger partial charge on any atom is -0.466 e. The third-order valence-electron chi connectivity index (χ3n) is 2.58. The maximum absolute atomic E-state index is 11.6. The third-order valence-corrected chi connectivity index (χ3v) is 3.48. The van der Waals surface area contributed by atoms with E-state index in [2.05, 4.69) is 20.3 Å². The van der Waals surface area contributed by atoms with Crippen LogP contribution in [0.3, 0.4) is 0 Å². The predicted octanol–water partition coefficient (Wildman–Crippen LogP) is 1.20. The molecule has 0 saturated carbocycles. The van der Waals surface area contributed by atoms with Crippen LogP contribution < -0.4 is 5.32 Å². The highest BCUT2D eigenvalue weighted by molar-refractivity contribution is 8.18. The number of nitrogens with one attached hydrogen (secondary N) is 1. The number of para-hydroxylation sites is 1. The SMILES string of the molecule is COC(=O)/C=C1/S/C(=N\N=Cc2ccccc2[N+](=O)[O-])NC1=O. The van der Waals surface area contributed by atoms with Crippen LogP contribution in [-0.2, 0) is 14.3 Å². The normalized spacial score (nSPS) is 17.7. The first-order chi connectivity index (χ1) is 11.0. The predicted molar refractivity (Wildman–Crippen MR) is 84.0 cm³/mol. The first-order valence-electron chi connectivity index (χ1n) is 6.14. The number of rotatable bonds is 4. The Labute approximate surface area is 134 Å². The molecule has 1 aromatic carbocycles. The number of amidine groups is 1. The fraction of sp³-hybridized carbons (Fsp3) is 0.0769. The molecule has 9 nitrogen and oxygen atoms in total. The summed E-state index contributed by atoms with van der Waals surface area (Å²) in [5.41, 5.74) is 0.173. The maximum atomic E-state index is 11.6. The van der Waals surface area contributed by atoms with Crippen LogP contribution in [0.5, 0.6) is 0 Å². The Kier molecular flexibility index (Phi) is 5.20. The van der Waals surface area contributed by atoms with Crippen molar-refractivity contribution in [3.63, 3.8) is 0 Å². The number of methoxy groups -OCH3 is 1. The van der Waals surface area contributed by atoms with Gasteiger partial charge in [0.05, 0.1) is 28.7 Å². The molecule has 0 unspecified atom stereocenters. The molecular weight excluding hydrogens is 324 g/mol. The van der Waals surface area contributed by atoms with E-state index in [0.29, 0.717) is 0 Å². The first kappa shape index (κ1) is 16.4. The molecule has 0 bridgehead atoms. The number of thioether (sulfide) groups is 1. The number of nitro benzene ring substituents is 1. The largest absolute Gasteiger partial charge is 0.466 e. The molecule has 1 aromatic rings. The molecule has 1 aliphatic heterocycles. The molecule has 2 rings (SSSR count). The van der Waals surface area contributed by atoms with Gasteiger partial charge in [0.25, 0.3) is 11.6 Å². The number of ether oxygens (including phenoxy) is 1. The number of esters is 1. The van der Waals surface area contributed by atoms with Crippen molar-refractivity contribution < 1.29 is 19.2 Å². The van der Waals surface area contributed by atoms with Gasteiger partial charge in [-0.15, -0.1) is 5.10 Å². The van der Waals surface area contributed by atoms with Crippen molar-refractivity contribution in [2.45, 2.75) is 0 Å². The highest BCUT2D eigenvalue weighted by atomic mass is 32.2. The van der Waals surface area contributed by atoms with Gasteiger partial charge in [-0.05, 0) is 17.8 Å². The lowest BCUT2D eigenvalue weighted by atomic mass is 10.2. The van der Waals surface area contributed by atoms with E-state index in [-0.39, 0.29) is 21.3 Å². The van der Waals surface area contributed by atoms with E-state index in [0.717, 1.165) is 17.8 Å². The second-order valence-corrected chi connectivity index (χ2v) is 5.08. The number of nitrogens with zero attached hydrogens (tertiary/aromatic N) is 3. The fourth-order valence-electron chi connectivity index (χ4n) is 1.55. The van der Waals surface area contributed by atoms with Gasteiger partial charge in [0.15, 0.2) is 5.17 Å². The Bertz CT molecular complexity index is 756. The number of hydrogen-bond acceptors (Lipinski definition) is 8. The molecule has 1 saturated heterocycles. The monoisotopic (exact) mass is 334 g/mol. The van der Waals surface area contributed by atoms with Gasteiger partial charge in [0.1, 0.15) is 0 Å². The van der Waals surface area contributed by atoms with Crippen LogP contribution in [0.2, 0.25) is 0 Å². The summed E-state index contributed by atoms with van der Waals surface area (Å²) in [5, 5.41) is 20.9. The molecule has 1 aliphatic rings. The van der Waals surface area contributed by atoms with Gasteiger partial charge in [0.2, 0.25) is 0 Å². The molecular formula is C13H10N4O5S. The summed E-state index contributed by atoms with van der Waals surface area (Å²) >= 11 is 0.910. The molecule has 118 valence electrons. The van der Waals surface area contributed by atoms with Crippen LogP contribution in [0.25, 0.3) is 0 Å². The lowest BCUT2D eigenvalue weighted by Crippen LogP contribution is -2.19. The third kappa shape index (κ3) is 4.23. The molecule has 0 radical (unpaired) electrons. The van der Waals surface area contributed by atoms with Gasteiger partial charge < -0.3 is 4.74 Å². The van der Waals surface area contributed by atoms with Crippen molar-refractivity contribution in [1.29, 1.82) is 0 Å². The standard InChI is InChI=1S/C13H10N4O5S/c1-22-11(18)6-10-12(19)15-13(23-10)16-14-7-8-4-2-3-5-9(8)17(20)21/h2-7H,1H3,(H,15,16,19)/b10-6+,14-7?. The minimum atomic E-state index is -0.660. The topological polar surface area (TPSA) is 123 Å². The number of carbonyl (C=O) groups is 2. The van der Waals surface area contributed by atoms with Crippen LogP contribution in [0.4, 0.5) is 5.69 Å². The van der Waals surface area contributed by atoms with Crippen LogP contribution in [-0.4, -0.2) is 35.3 Å². The molecule has 1 N–H and O–H groups in total. The molecule has 0 atom stereocenters. The molecule has 0 aliphatic carbocycles. The van der Waals surface area contributed by atoms with E-state index in [4.69, 9.17) is 0 Å². The molecule has 0 aromatic heterocycles. The average molecular weight is 334 g/mol. The van der Waals surface area contributed by atoms with Crippen LogP contribution >= 0.6 is 11.8 Å². The van der Waals surface area contributed by atoms with Gasteiger partial charge in [-0.3, -0.25) is 20.2 Å². The average Bonchev–Trinajstić information content (AvgIpc) is 2.87. The zero-order valence-corrected chi connectivity index (χ0v) is 12.6. The molecule has 0 spiro atoms. The Morgan fingerprint density at radius 3 is 2.87 bits per heavy atom. The number of benzene rings is 1. The number of nitro groups is 1. The molecule has 23 heavy (non-hydrogen) atoms. The number of carbonyl (C=O) groups excluding carboxylic acids is 2. The fourth-order valence-corrected chi connectivity index (χ4v) is 2.29. The summed E-state index contributed by atoms with van der Waals surface area (Å²) in [6.45, 7) is 0. The molecule has 1 heterocycles. The summed E-state index contributed by atoms with van der Waals surface area (Å²) in [6.07, 6.45) is 2.24.